The maximum atomic E-state index is 11.0. The summed E-state index contributed by atoms with van der Waals surface area (Å²) >= 11 is 0. The zero-order valence-electron chi connectivity index (χ0n) is 10.6. The highest BCUT2D eigenvalue weighted by Crippen LogP contribution is 2.10. The smallest absolute Gasteiger partial charge is 0.177 e. The third kappa shape index (κ3) is 7.10. The molecule has 0 aromatic heterocycles. The van der Waals surface area contributed by atoms with Crippen molar-refractivity contribution < 1.29 is 10.0 Å². The van der Waals surface area contributed by atoms with E-state index >= 15 is 0 Å². The molecule has 0 radical (unpaired) electrons. The van der Waals surface area contributed by atoms with Crippen LogP contribution in [0.15, 0.2) is 5.16 Å². The van der Waals surface area contributed by atoms with E-state index < -0.39 is 0 Å². The first-order valence-corrected chi connectivity index (χ1v) is 6.75. The quantitative estimate of drug-likeness (QED) is 0.307. The van der Waals surface area contributed by atoms with E-state index in [9.17, 15) is 4.79 Å². The SMILES string of the molecule is O=C(/C=N/O)CCCCCCN1CCCCC1. The molecule has 0 aromatic rings. The lowest BCUT2D eigenvalue weighted by molar-refractivity contribution is -0.112. The molecule has 0 aromatic carbocycles. The third-order valence-corrected chi connectivity index (χ3v) is 3.30. The summed E-state index contributed by atoms with van der Waals surface area (Å²) in [7, 11) is 0. The maximum absolute atomic E-state index is 11.0. The molecule has 0 bridgehead atoms. The van der Waals surface area contributed by atoms with Gasteiger partial charge in [-0.1, -0.05) is 24.4 Å². The first-order valence-electron chi connectivity index (χ1n) is 6.75. The van der Waals surface area contributed by atoms with Crippen molar-refractivity contribution in [2.45, 2.75) is 51.4 Å². The minimum Gasteiger partial charge on any atom is -0.411 e. The molecule has 1 saturated heterocycles. The first kappa shape index (κ1) is 14.2. The fraction of sp³-hybridized carbons (Fsp3) is 0.846. The normalized spacial score (nSPS) is 17.6. The van der Waals surface area contributed by atoms with Crippen molar-refractivity contribution >= 4 is 12.0 Å². The molecule has 1 heterocycles. The predicted octanol–water partition coefficient (Wildman–Crippen LogP) is 2.45. The summed E-state index contributed by atoms with van der Waals surface area (Å²) in [5.41, 5.74) is 0. The summed E-state index contributed by atoms with van der Waals surface area (Å²) in [4.78, 5) is 13.6. The second-order valence-corrected chi connectivity index (χ2v) is 4.78. The molecule has 0 unspecified atom stereocenters. The van der Waals surface area contributed by atoms with Crippen LogP contribution in [-0.4, -0.2) is 41.7 Å². The van der Waals surface area contributed by atoms with E-state index in [0.717, 1.165) is 19.1 Å². The Bertz CT molecular complexity index is 236. The number of ketones is 1. The summed E-state index contributed by atoms with van der Waals surface area (Å²) in [6, 6.07) is 0. The Morgan fingerprint density at radius 1 is 1.12 bits per heavy atom. The highest BCUT2D eigenvalue weighted by Gasteiger charge is 2.08. The van der Waals surface area contributed by atoms with Crippen LogP contribution in [0.3, 0.4) is 0 Å². The summed E-state index contributed by atoms with van der Waals surface area (Å²) in [6.45, 7) is 3.75. The van der Waals surface area contributed by atoms with Crippen molar-refractivity contribution in [3.8, 4) is 0 Å². The Morgan fingerprint density at radius 3 is 2.53 bits per heavy atom. The minimum atomic E-state index is -0.0801. The molecule has 1 aliphatic rings. The zero-order valence-corrected chi connectivity index (χ0v) is 10.6. The van der Waals surface area contributed by atoms with Crippen LogP contribution >= 0.6 is 0 Å². The number of rotatable bonds is 8. The monoisotopic (exact) mass is 240 g/mol. The molecule has 1 fully saturated rings. The molecule has 17 heavy (non-hydrogen) atoms. The number of unbranched alkanes of at least 4 members (excludes halogenated alkanes) is 3. The van der Waals surface area contributed by atoms with E-state index in [1.807, 2.05) is 0 Å². The predicted molar refractivity (Wildman–Crippen MR) is 68.7 cm³/mol. The first-order chi connectivity index (χ1) is 8.33. The van der Waals surface area contributed by atoms with Gasteiger partial charge in [0.15, 0.2) is 5.78 Å². The van der Waals surface area contributed by atoms with Crippen molar-refractivity contribution in [2.24, 2.45) is 5.16 Å². The molecule has 4 heteroatoms. The summed E-state index contributed by atoms with van der Waals surface area (Å²) in [6.07, 6.45) is 10.0. The topological polar surface area (TPSA) is 52.9 Å². The number of carbonyl (C=O) groups is 1. The van der Waals surface area contributed by atoms with Crippen molar-refractivity contribution in [1.82, 2.24) is 4.90 Å². The van der Waals surface area contributed by atoms with Crippen molar-refractivity contribution in [1.29, 1.82) is 0 Å². The van der Waals surface area contributed by atoms with Gasteiger partial charge in [-0.3, -0.25) is 4.79 Å². The molecular weight excluding hydrogens is 216 g/mol. The van der Waals surface area contributed by atoms with Gasteiger partial charge in [0.25, 0.3) is 0 Å². The molecule has 4 nitrogen and oxygen atoms in total. The van der Waals surface area contributed by atoms with Gasteiger partial charge in [-0.2, -0.15) is 0 Å². The molecular formula is C13H24N2O2. The lowest BCUT2D eigenvalue weighted by Crippen LogP contribution is -2.30. The van der Waals surface area contributed by atoms with Gasteiger partial charge in [0.05, 0.1) is 0 Å². The average molecular weight is 240 g/mol. The number of nitrogens with zero attached hydrogens (tertiary/aromatic N) is 2. The van der Waals surface area contributed by atoms with Gasteiger partial charge in [-0.15, -0.1) is 0 Å². The summed E-state index contributed by atoms with van der Waals surface area (Å²) in [5, 5.41) is 10.9. The number of piperidine rings is 1. The van der Waals surface area contributed by atoms with E-state index in [0.29, 0.717) is 6.42 Å². The van der Waals surface area contributed by atoms with Crippen LogP contribution in [0.5, 0.6) is 0 Å². The second kappa shape index (κ2) is 9.16. The van der Waals surface area contributed by atoms with Crippen LogP contribution < -0.4 is 0 Å². The van der Waals surface area contributed by atoms with Crippen LogP contribution in [-0.2, 0) is 4.79 Å². The standard InChI is InChI=1S/C13H24N2O2/c16-13(12-14-17)8-4-1-2-5-9-15-10-6-3-7-11-15/h12,17H,1-11H2/b14-12+. The lowest BCUT2D eigenvalue weighted by Gasteiger charge is -2.26. The highest BCUT2D eigenvalue weighted by molar-refractivity contribution is 6.27. The van der Waals surface area contributed by atoms with Crippen LogP contribution in [0, 0.1) is 0 Å². The second-order valence-electron chi connectivity index (χ2n) is 4.78. The maximum Gasteiger partial charge on any atom is 0.177 e. The van der Waals surface area contributed by atoms with Crippen molar-refractivity contribution in [3.63, 3.8) is 0 Å². The fourth-order valence-electron chi connectivity index (χ4n) is 2.30. The average Bonchev–Trinajstić information content (AvgIpc) is 2.35. The largest absolute Gasteiger partial charge is 0.411 e. The Labute approximate surface area is 104 Å². The van der Waals surface area contributed by atoms with Gasteiger partial charge in [0.1, 0.15) is 6.21 Å². The molecule has 0 spiro atoms. The Balaban J connectivity index is 1.88. The van der Waals surface area contributed by atoms with E-state index in [1.54, 1.807) is 0 Å². The van der Waals surface area contributed by atoms with Crippen molar-refractivity contribution in [2.75, 3.05) is 19.6 Å². The van der Waals surface area contributed by atoms with Gasteiger partial charge < -0.3 is 10.1 Å². The van der Waals surface area contributed by atoms with Gasteiger partial charge >= 0.3 is 0 Å². The van der Waals surface area contributed by atoms with Gasteiger partial charge in [0, 0.05) is 6.42 Å². The Hall–Kier alpha value is -0.900. The van der Waals surface area contributed by atoms with Gasteiger partial charge in [0.2, 0.25) is 0 Å². The molecule has 0 amide bonds. The van der Waals surface area contributed by atoms with Crippen LogP contribution in [0.4, 0.5) is 0 Å². The number of likely N-dealkylation sites (tertiary alicyclic amines) is 1. The molecule has 0 aliphatic carbocycles. The fourth-order valence-corrected chi connectivity index (χ4v) is 2.30. The van der Waals surface area contributed by atoms with Crippen LogP contribution in [0.2, 0.25) is 0 Å². The molecule has 1 aliphatic heterocycles. The van der Waals surface area contributed by atoms with E-state index in [4.69, 9.17) is 5.21 Å². The van der Waals surface area contributed by atoms with Gasteiger partial charge in [-0.05, 0) is 45.3 Å². The number of carbonyl (C=O) groups excluding carboxylic acids is 1. The molecule has 1 rings (SSSR count). The summed E-state index contributed by atoms with van der Waals surface area (Å²) in [5.74, 6) is -0.0801. The highest BCUT2D eigenvalue weighted by atomic mass is 16.4. The van der Waals surface area contributed by atoms with Crippen LogP contribution in [0.1, 0.15) is 51.4 Å². The van der Waals surface area contributed by atoms with Crippen molar-refractivity contribution in [3.05, 3.63) is 0 Å². The number of oxime groups is 1. The van der Waals surface area contributed by atoms with E-state index in [2.05, 4.69) is 10.1 Å². The minimum absolute atomic E-state index is 0.0801. The number of hydrogen-bond donors (Lipinski definition) is 1. The molecule has 0 atom stereocenters. The number of Topliss-reactive ketones (excluding diaryl/α,β-unsaturated/α-hetero) is 1. The molecule has 1 N–H and O–H groups in total. The molecule has 0 saturated carbocycles. The third-order valence-electron chi connectivity index (χ3n) is 3.30. The Kier molecular flexibility index (Phi) is 7.63. The van der Waals surface area contributed by atoms with E-state index in [-0.39, 0.29) is 5.78 Å². The summed E-state index contributed by atoms with van der Waals surface area (Å²) < 4.78 is 0. The molecule has 98 valence electrons. The Morgan fingerprint density at radius 2 is 1.82 bits per heavy atom. The van der Waals surface area contributed by atoms with Crippen LogP contribution in [0.25, 0.3) is 0 Å². The zero-order chi connectivity index (χ0) is 12.3. The number of hydrogen-bond acceptors (Lipinski definition) is 4. The lowest BCUT2D eigenvalue weighted by atomic mass is 10.1. The van der Waals surface area contributed by atoms with E-state index in [1.165, 1.54) is 51.7 Å². The van der Waals surface area contributed by atoms with Gasteiger partial charge in [-0.25, -0.2) is 0 Å².